The second-order valence-corrected chi connectivity index (χ2v) is 12.9. The molecule has 2 aromatic heterocycles. The van der Waals surface area contributed by atoms with Crippen LogP contribution in [0.15, 0.2) is 72.9 Å². The molecule has 0 aliphatic rings. The highest BCUT2D eigenvalue weighted by atomic mass is 32.1. The molecule has 5 rings (SSSR count). The van der Waals surface area contributed by atoms with Crippen molar-refractivity contribution in [3.8, 4) is 21.7 Å². The molecule has 3 aromatic carbocycles. The van der Waals surface area contributed by atoms with E-state index in [0.717, 1.165) is 37.3 Å². The number of alkyl halides is 3. The lowest BCUT2D eigenvalue weighted by atomic mass is 9.82. The number of halogens is 3. The first-order chi connectivity index (χ1) is 17.8. The number of aryl methyl sites for hydroxylation is 1. The molecule has 1 nitrogen and oxygen atoms in total. The highest BCUT2D eigenvalue weighted by molar-refractivity contribution is 7.23. The van der Waals surface area contributed by atoms with Gasteiger partial charge in [-0.3, -0.25) is 4.98 Å². The van der Waals surface area contributed by atoms with E-state index in [9.17, 15) is 13.2 Å². The zero-order valence-corrected chi connectivity index (χ0v) is 23.4. The van der Waals surface area contributed by atoms with Crippen LogP contribution in [0.4, 0.5) is 13.2 Å². The Bertz CT molecular complexity index is 1630. The number of pyridine rings is 1. The van der Waals surface area contributed by atoms with Crippen molar-refractivity contribution in [2.24, 2.45) is 5.41 Å². The molecule has 0 fully saturated rings. The van der Waals surface area contributed by atoms with Crippen LogP contribution in [0.25, 0.3) is 42.6 Å². The summed E-state index contributed by atoms with van der Waals surface area (Å²) in [6, 6.07) is 22.6. The van der Waals surface area contributed by atoms with E-state index in [1.54, 1.807) is 11.3 Å². The summed E-state index contributed by atoms with van der Waals surface area (Å²) in [6.45, 7) is 11.3. The zero-order chi connectivity index (χ0) is 27.5. The van der Waals surface area contributed by atoms with Gasteiger partial charge < -0.3 is 0 Å². The van der Waals surface area contributed by atoms with E-state index in [2.05, 4.69) is 70.2 Å². The number of nitrogens with zero attached hydrogens (tertiary/aromatic N) is 1. The maximum Gasteiger partial charge on any atom is 0.394 e. The summed E-state index contributed by atoms with van der Waals surface area (Å²) >= 11 is 1.70. The van der Waals surface area contributed by atoms with Crippen molar-refractivity contribution in [1.29, 1.82) is 0 Å². The molecule has 0 N–H and O–H groups in total. The normalized spacial score (nSPS) is 13.0. The van der Waals surface area contributed by atoms with Crippen LogP contribution in [0, 0.1) is 12.3 Å². The summed E-state index contributed by atoms with van der Waals surface area (Å²) < 4.78 is 41.3. The predicted octanol–water partition coefficient (Wildman–Crippen LogP) is 10.5. The Morgan fingerprint density at radius 1 is 0.789 bits per heavy atom. The van der Waals surface area contributed by atoms with Gasteiger partial charge in [0.1, 0.15) is 0 Å². The van der Waals surface area contributed by atoms with Crippen LogP contribution in [-0.2, 0) is 11.8 Å². The smallest absolute Gasteiger partial charge is 0.255 e. The van der Waals surface area contributed by atoms with Crippen molar-refractivity contribution < 1.29 is 13.2 Å². The van der Waals surface area contributed by atoms with Gasteiger partial charge in [-0.25, -0.2) is 0 Å². The van der Waals surface area contributed by atoms with Gasteiger partial charge in [0.25, 0.3) is 0 Å². The van der Waals surface area contributed by atoms with E-state index in [0.29, 0.717) is 5.56 Å². The third-order valence-corrected chi connectivity index (χ3v) is 8.79. The van der Waals surface area contributed by atoms with Crippen LogP contribution in [0.2, 0.25) is 0 Å². The third-order valence-electron chi connectivity index (χ3n) is 7.43. The quantitative estimate of drug-likeness (QED) is 0.225. The minimum atomic E-state index is -4.24. The van der Waals surface area contributed by atoms with E-state index < -0.39 is 11.6 Å². The van der Waals surface area contributed by atoms with Gasteiger partial charge >= 0.3 is 6.18 Å². The highest BCUT2D eigenvalue weighted by Crippen LogP contribution is 2.44. The zero-order valence-electron chi connectivity index (χ0n) is 22.6. The standard InChI is InChI=1S/C33H32F3NS/c1-20-25-15-16-37-28(24-17-23-9-7-8-10-26(23)27(18-24)31(2,3)4)30(25)38-29(20)22-13-11-21(12-14-22)19-32(5,6)33(34,35)36/h7-18H,19H2,1-6H3. The van der Waals surface area contributed by atoms with Gasteiger partial charge in [0, 0.05) is 16.6 Å². The van der Waals surface area contributed by atoms with E-state index in [4.69, 9.17) is 4.98 Å². The van der Waals surface area contributed by atoms with Crippen molar-refractivity contribution in [3.63, 3.8) is 0 Å². The molecule has 0 bridgehead atoms. The summed E-state index contributed by atoms with van der Waals surface area (Å²) in [7, 11) is 0. The summed E-state index contributed by atoms with van der Waals surface area (Å²) in [4.78, 5) is 5.95. The predicted molar refractivity (Wildman–Crippen MR) is 155 cm³/mol. The highest BCUT2D eigenvalue weighted by Gasteiger charge is 2.46. The largest absolute Gasteiger partial charge is 0.394 e. The first-order valence-corrected chi connectivity index (χ1v) is 13.7. The number of benzene rings is 3. The SMILES string of the molecule is Cc1c(-c2ccc(CC(C)(C)C(F)(F)F)cc2)sc2c(-c3cc(C(C)(C)C)c4ccccc4c3)nccc12. The second-order valence-electron chi connectivity index (χ2n) is 11.8. The van der Waals surface area contributed by atoms with Crippen LogP contribution >= 0.6 is 11.3 Å². The van der Waals surface area contributed by atoms with Crippen LogP contribution in [0.3, 0.4) is 0 Å². The Labute approximate surface area is 226 Å². The van der Waals surface area contributed by atoms with E-state index >= 15 is 0 Å². The molecule has 0 saturated carbocycles. The molecule has 0 radical (unpaired) electrons. The number of hydrogen-bond donors (Lipinski definition) is 0. The first-order valence-electron chi connectivity index (χ1n) is 12.8. The van der Waals surface area contributed by atoms with Gasteiger partial charge in [-0.1, -0.05) is 83.1 Å². The van der Waals surface area contributed by atoms with Gasteiger partial charge in [0.2, 0.25) is 0 Å². The summed E-state index contributed by atoms with van der Waals surface area (Å²) in [6.07, 6.45) is -2.42. The Morgan fingerprint density at radius 2 is 1.47 bits per heavy atom. The van der Waals surface area contributed by atoms with Crippen molar-refractivity contribution in [3.05, 3.63) is 89.6 Å². The van der Waals surface area contributed by atoms with Crippen LogP contribution in [-0.4, -0.2) is 11.2 Å². The number of hydrogen-bond acceptors (Lipinski definition) is 2. The lowest BCUT2D eigenvalue weighted by molar-refractivity contribution is -0.211. The molecule has 196 valence electrons. The molecule has 0 unspecified atom stereocenters. The fourth-order valence-electron chi connectivity index (χ4n) is 5.08. The summed E-state index contributed by atoms with van der Waals surface area (Å²) in [5, 5.41) is 3.61. The van der Waals surface area contributed by atoms with Crippen molar-refractivity contribution in [2.45, 2.75) is 59.6 Å². The summed E-state index contributed by atoms with van der Waals surface area (Å²) in [5.74, 6) is 0. The van der Waals surface area contributed by atoms with E-state index in [1.165, 1.54) is 30.2 Å². The molecule has 0 amide bonds. The number of thiophene rings is 1. The Morgan fingerprint density at radius 3 is 2.13 bits per heavy atom. The number of fused-ring (bicyclic) bond motifs is 2. The lowest BCUT2D eigenvalue weighted by Gasteiger charge is -2.27. The molecular formula is C33H32F3NS. The van der Waals surface area contributed by atoms with Crippen molar-refractivity contribution in [1.82, 2.24) is 4.98 Å². The van der Waals surface area contributed by atoms with Gasteiger partial charge in [0.05, 0.1) is 15.8 Å². The molecule has 0 atom stereocenters. The van der Waals surface area contributed by atoms with E-state index in [-0.39, 0.29) is 11.8 Å². The summed E-state index contributed by atoms with van der Waals surface area (Å²) in [5.41, 5.74) is 4.40. The minimum absolute atomic E-state index is 0.0253. The molecule has 0 saturated heterocycles. The fourth-order valence-corrected chi connectivity index (χ4v) is 6.40. The van der Waals surface area contributed by atoms with Crippen molar-refractivity contribution >= 4 is 32.2 Å². The molecule has 5 aromatic rings. The first kappa shape index (κ1) is 26.4. The van der Waals surface area contributed by atoms with Gasteiger partial charge in [-0.15, -0.1) is 11.3 Å². The second kappa shape index (κ2) is 9.23. The molecule has 0 aliphatic heterocycles. The average Bonchev–Trinajstić information content (AvgIpc) is 3.19. The Balaban J connectivity index is 1.59. The molecule has 5 heteroatoms. The maximum absolute atomic E-state index is 13.4. The minimum Gasteiger partial charge on any atom is -0.255 e. The van der Waals surface area contributed by atoms with Crippen LogP contribution < -0.4 is 0 Å². The van der Waals surface area contributed by atoms with E-state index in [1.807, 2.05) is 30.5 Å². The third kappa shape index (κ3) is 4.73. The molecule has 38 heavy (non-hydrogen) atoms. The molecule has 0 spiro atoms. The average molecular weight is 532 g/mol. The topological polar surface area (TPSA) is 12.9 Å². The van der Waals surface area contributed by atoms with Crippen LogP contribution in [0.5, 0.6) is 0 Å². The Kier molecular flexibility index (Phi) is 6.42. The van der Waals surface area contributed by atoms with Crippen LogP contribution in [0.1, 0.15) is 51.3 Å². The number of rotatable bonds is 4. The number of aromatic nitrogens is 1. The van der Waals surface area contributed by atoms with Gasteiger partial charge in [-0.05, 0) is 75.4 Å². The molecule has 0 aliphatic carbocycles. The monoisotopic (exact) mass is 531 g/mol. The fraction of sp³-hybridized carbons (Fsp3) is 0.303. The van der Waals surface area contributed by atoms with Gasteiger partial charge in [0.15, 0.2) is 0 Å². The maximum atomic E-state index is 13.4. The van der Waals surface area contributed by atoms with Gasteiger partial charge in [-0.2, -0.15) is 13.2 Å². The lowest BCUT2D eigenvalue weighted by Crippen LogP contribution is -2.34. The molecule has 2 heterocycles. The Hall–Kier alpha value is -3.18. The van der Waals surface area contributed by atoms with Crippen molar-refractivity contribution in [2.75, 3.05) is 0 Å². The molecular weight excluding hydrogens is 499 g/mol.